The van der Waals surface area contributed by atoms with Crippen LogP contribution in [0, 0.1) is 20.8 Å². The van der Waals surface area contributed by atoms with Gasteiger partial charge in [-0.25, -0.2) is 29.3 Å². The Hall–Kier alpha value is -10.9. The molecule has 2 N–H and O–H groups in total. The molecule has 31 heteroatoms. The third-order valence-corrected chi connectivity index (χ3v) is 26.5. The summed E-state index contributed by atoms with van der Waals surface area (Å²) in [7, 11) is 5.68. The van der Waals surface area contributed by atoms with Crippen LogP contribution in [0.3, 0.4) is 0 Å². The summed E-state index contributed by atoms with van der Waals surface area (Å²) < 4.78 is 38.9. The Labute approximate surface area is 775 Å². The molecule has 0 saturated carbocycles. The second-order valence-electron chi connectivity index (χ2n) is 34.4. The molecule has 6 aromatic heterocycles. The maximum Gasteiger partial charge on any atom is 0.339 e. The molecule has 9 aromatic carbocycles. The number of carbonyl (C=O) groups excluding carboxylic acids is 5. The summed E-state index contributed by atoms with van der Waals surface area (Å²) in [6, 6.07) is 46.9. The highest BCUT2D eigenvalue weighted by Gasteiger charge is 2.39. The molecule has 0 aliphatic carbocycles. The SMILES string of the molecule is CCOC(=O)[C@@H](OC(C)(C)C)c1c(C)cc2nc(-c3ccc4c(c3)c(Br)nn4C)sc2c1-c1ccc(Cl)cc1.CCOC(=O)[C@@H](OC(C)(C)C)c1c(C)cc2nc(-c3ccc4c(c3)c(N3CCC3=O)nn4C)sc2c1-c1ccc(Cl)cc1.Cc1cc2nc(-c3ccc4c(c3)c(N3CCC3=O)nn4C)sc2c(-c2ccc(Cl)cc2)c1[C@H](OC(C)(C)C)C(=O)O.O=C1CCN1. The van der Waals surface area contributed by atoms with Crippen molar-refractivity contribution in [3.8, 4) is 65.1 Å². The minimum atomic E-state index is -1.18. The molecule has 3 amide bonds. The number of esters is 2. The van der Waals surface area contributed by atoms with Crippen molar-refractivity contribution in [2.75, 3.05) is 42.6 Å². The second kappa shape index (κ2) is 36.9. The predicted octanol–water partition coefficient (Wildman–Crippen LogP) is 23.0. The number of anilines is 2. The number of carboxylic acid groups (broad SMARTS) is 1. The average molecular weight is 1900 g/mol. The molecular weight excluding hydrogens is 1810 g/mol. The number of carbonyl (C=O) groups is 6. The van der Waals surface area contributed by atoms with Crippen molar-refractivity contribution in [2.45, 2.75) is 151 Å². The van der Waals surface area contributed by atoms with Crippen molar-refractivity contribution in [1.82, 2.24) is 49.6 Å². The Morgan fingerprint density at radius 3 is 1.03 bits per heavy atom. The number of β-lactam (4-membered cyclic amide) rings is 3. The lowest BCUT2D eigenvalue weighted by Crippen LogP contribution is -2.43. The summed E-state index contributed by atoms with van der Waals surface area (Å²) >= 11 is 27.0. The number of benzene rings is 9. The number of aliphatic carboxylic acids is 1. The number of hydrogen-bond donors (Lipinski definition) is 2. The number of aryl methyl sites for hydroxylation is 6. The van der Waals surface area contributed by atoms with E-state index in [2.05, 4.69) is 60.8 Å². The van der Waals surface area contributed by atoms with Crippen LogP contribution in [-0.2, 0) is 73.6 Å². The van der Waals surface area contributed by atoms with E-state index in [4.69, 9.17) is 73.4 Å². The fraction of sp³-hybridized carbons (Fsp3) is 0.320. The van der Waals surface area contributed by atoms with E-state index in [9.17, 15) is 33.9 Å². The maximum atomic E-state index is 13.4. The number of nitrogens with zero attached hydrogens (tertiary/aromatic N) is 11. The van der Waals surface area contributed by atoms with Crippen LogP contribution in [0.5, 0.6) is 0 Å². The minimum Gasteiger partial charge on any atom is -0.479 e. The Bertz CT molecular complexity index is 6890. The largest absolute Gasteiger partial charge is 0.479 e. The van der Waals surface area contributed by atoms with Crippen LogP contribution < -0.4 is 15.1 Å². The lowest BCUT2D eigenvalue weighted by molar-refractivity contribution is -0.167. The topological polar surface area (TPSA) is 279 Å². The lowest BCUT2D eigenvalue weighted by Gasteiger charge is -2.29. The fourth-order valence-corrected chi connectivity index (χ4v) is 20.0. The van der Waals surface area contributed by atoms with Gasteiger partial charge >= 0.3 is 17.9 Å². The smallest absolute Gasteiger partial charge is 0.339 e. The molecule has 0 bridgehead atoms. The van der Waals surface area contributed by atoms with E-state index in [-0.39, 0.29) is 30.9 Å². The number of ether oxygens (including phenoxy) is 5. The van der Waals surface area contributed by atoms with Crippen LogP contribution >= 0.6 is 84.7 Å². The van der Waals surface area contributed by atoms with Crippen LogP contribution in [0.4, 0.5) is 11.6 Å². The van der Waals surface area contributed by atoms with Gasteiger partial charge in [-0.05, 0) is 255 Å². The van der Waals surface area contributed by atoms with Crippen molar-refractivity contribution in [2.24, 2.45) is 21.1 Å². The number of halogens is 4. The first-order valence-corrected chi connectivity index (χ1v) is 46.2. The van der Waals surface area contributed by atoms with Gasteiger partial charge in [-0.1, -0.05) is 71.2 Å². The summed E-state index contributed by atoms with van der Waals surface area (Å²) in [5.41, 5.74) is 16.1. The number of nitrogens with one attached hydrogen (secondary N) is 1. The predicted molar refractivity (Wildman–Crippen MR) is 514 cm³/mol. The molecule has 0 radical (unpaired) electrons. The second-order valence-corrected chi connectivity index (χ2v) is 39.5. The normalized spacial score (nSPS) is 14.2. The van der Waals surface area contributed by atoms with Gasteiger partial charge in [0, 0.05) is 141 Å². The zero-order valence-corrected chi connectivity index (χ0v) is 80.1. The third kappa shape index (κ3) is 19.2. The molecule has 0 unspecified atom stereocenters. The number of hydrogen-bond acceptors (Lipinski definition) is 20. The molecule has 3 aliphatic rings. The highest BCUT2D eigenvalue weighted by molar-refractivity contribution is 9.10. The van der Waals surface area contributed by atoms with Gasteiger partial charge in [0.2, 0.25) is 17.7 Å². The van der Waals surface area contributed by atoms with Gasteiger partial charge in [0.05, 0.1) is 77.2 Å². The van der Waals surface area contributed by atoms with Crippen molar-refractivity contribution in [1.29, 1.82) is 0 Å². The lowest BCUT2D eigenvalue weighted by atomic mass is 9.91. The van der Waals surface area contributed by atoms with Crippen molar-refractivity contribution in [3.63, 3.8) is 0 Å². The summed E-state index contributed by atoms with van der Waals surface area (Å²) in [6.45, 7) is 29.3. The van der Waals surface area contributed by atoms with E-state index in [0.717, 1.165) is 174 Å². The standard InChI is InChI=1S/C33H33ClN4O4S.C31H29ClN4O4S.C30H29BrClN3O3S.C3H5NO/c1-7-41-32(40)28(42-33(3,4)5)26-18(2)16-23-29(27(26)19-8-11-21(34)12-9-19)43-31(35-23)20-10-13-24-22(17-20)30(36-37(24)6)38-15-14-25(38)39;1-16-14-21-27(25(17-6-9-19(32)10-7-17)24(16)26(30(38)39)40-31(2,3)4)41-29(33-21)18-8-11-22-20(15-18)28(34-35(22)5)36-13-12-23(36)37;1-7-37-29(36)25(38-30(3,4)5)23-16(2)14-21-26(24(23)17-8-11-19(32)12-9-17)39-28(33-21)18-10-13-22-20(15-18)27(31)34-35(22)6;5-3-1-2-4-3/h8-13,16-17,28H,7,14-15H2,1-6H3;6-11,14-15,26H,12-13H2,1-5H3,(H,38,39);8-15,25H,7H2,1-6H3;1-2H2,(H,4,5)/t28-;26-;25-;/m000./s1. The fourth-order valence-electron chi connectivity index (χ4n) is 15.7. The summed E-state index contributed by atoms with van der Waals surface area (Å²) in [4.78, 5) is 92.2. The number of amides is 3. The van der Waals surface area contributed by atoms with Gasteiger partial charge < -0.3 is 34.1 Å². The molecule has 9 heterocycles. The quantitative estimate of drug-likeness (QED) is 0.0562. The Morgan fingerprint density at radius 2 is 0.750 bits per heavy atom. The van der Waals surface area contributed by atoms with Crippen LogP contribution in [-0.4, -0.2) is 135 Å². The summed E-state index contributed by atoms with van der Waals surface area (Å²) in [6.07, 6.45) is -1.23. The first kappa shape index (κ1) is 91.8. The molecule has 15 aromatic rings. The molecule has 3 aliphatic heterocycles. The Balaban J connectivity index is 0.000000144. The van der Waals surface area contributed by atoms with Crippen molar-refractivity contribution in [3.05, 3.63) is 199 Å². The molecular formula is C97H96BrCl3N12O12S3. The van der Waals surface area contributed by atoms with Gasteiger partial charge in [0.25, 0.3) is 0 Å². The highest BCUT2D eigenvalue weighted by Crippen LogP contribution is 2.50. The van der Waals surface area contributed by atoms with E-state index in [0.29, 0.717) is 58.2 Å². The van der Waals surface area contributed by atoms with Gasteiger partial charge in [-0.15, -0.1) is 34.0 Å². The number of carboxylic acids is 1. The third-order valence-electron chi connectivity index (χ3n) is 21.7. The zero-order valence-electron chi connectivity index (χ0n) is 73.8. The Morgan fingerprint density at radius 1 is 0.453 bits per heavy atom. The van der Waals surface area contributed by atoms with Gasteiger partial charge in [0.15, 0.2) is 29.9 Å². The Kier molecular flexibility index (Phi) is 26.5. The monoisotopic (exact) mass is 1900 g/mol. The van der Waals surface area contributed by atoms with Crippen LogP contribution in [0.1, 0.15) is 147 Å². The number of fused-ring (bicyclic) bond motifs is 6. The minimum absolute atomic E-state index is 0.0662. The zero-order chi connectivity index (χ0) is 91.6. The first-order chi connectivity index (χ1) is 60.7. The van der Waals surface area contributed by atoms with Crippen LogP contribution in [0.15, 0.2) is 150 Å². The molecule has 128 heavy (non-hydrogen) atoms. The molecule has 662 valence electrons. The molecule has 18 rings (SSSR count). The van der Waals surface area contributed by atoms with Gasteiger partial charge in [0.1, 0.15) is 19.6 Å². The molecule has 24 nitrogen and oxygen atoms in total. The summed E-state index contributed by atoms with van der Waals surface area (Å²) in [5.74, 6) is -0.246. The van der Waals surface area contributed by atoms with E-state index in [1.54, 1.807) is 67.8 Å². The maximum absolute atomic E-state index is 13.4. The van der Waals surface area contributed by atoms with E-state index in [1.165, 1.54) is 11.3 Å². The van der Waals surface area contributed by atoms with Gasteiger partial charge in [-0.2, -0.15) is 15.3 Å². The molecule has 0 spiro atoms. The van der Waals surface area contributed by atoms with E-state index >= 15 is 0 Å². The van der Waals surface area contributed by atoms with Crippen molar-refractivity contribution >= 4 is 195 Å². The number of aromatic nitrogens is 9. The number of rotatable bonds is 19. The average Bonchev–Trinajstić information content (AvgIpc) is 1.55. The molecule has 3 fully saturated rings. The molecule has 3 atom stereocenters. The summed E-state index contributed by atoms with van der Waals surface area (Å²) in [5, 5.41) is 33.7. The van der Waals surface area contributed by atoms with Crippen LogP contribution in [0.2, 0.25) is 15.1 Å². The van der Waals surface area contributed by atoms with E-state index < -0.39 is 53.0 Å². The van der Waals surface area contributed by atoms with Crippen LogP contribution in [0.25, 0.3) is 128 Å². The molecule has 3 saturated heterocycles. The number of thiazole rings is 3. The van der Waals surface area contributed by atoms with Crippen molar-refractivity contribution < 1.29 is 57.6 Å². The van der Waals surface area contributed by atoms with E-state index in [1.807, 2.05) is 218 Å². The first-order valence-electron chi connectivity index (χ1n) is 41.9. The highest BCUT2D eigenvalue weighted by atomic mass is 79.9. The van der Waals surface area contributed by atoms with Gasteiger partial charge in [-0.3, -0.25) is 38.2 Å².